The molecule has 0 amide bonds. The number of thiophene rings is 1. The number of esters is 1. The number of hydrogen-bond donors (Lipinski definition) is 1. The Morgan fingerprint density at radius 3 is 2.52 bits per heavy atom. The van der Waals surface area contributed by atoms with E-state index in [-0.39, 0.29) is 5.41 Å². The lowest BCUT2D eigenvalue weighted by Crippen LogP contribution is -2.25. The second-order valence-electron chi connectivity index (χ2n) is 6.47. The number of hydrogen-bond acceptors (Lipinski definition) is 6. The molecule has 0 saturated carbocycles. The predicted octanol–water partition coefficient (Wildman–Crippen LogP) is 3.00. The normalized spacial score (nSPS) is 18.9. The van der Waals surface area contributed by atoms with E-state index in [0.717, 1.165) is 24.5 Å². The lowest BCUT2D eigenvalue weighted by Gasteiger charge is -2.27. The Bertz CT molecular complexity index is 534. The van der Waals surface area contributed by atoms with Gasteiger partial charge in [0.05, 0.1) is 14.2 Å². The molecule has 1 unspecified atom stereocenters. The molecule has 2 rings (SSSR count). The van der Waals surface area contributed by atoms with E-state index in [2.05, 4.69) is 25.7 Å². The van der Waals surface area contributed by atoms with E-state index in [4.69, 9.17) is 15.2 Å². The Morgan fingerprint density at radius 1 is 1.38 bits per heavy atom. The highest BCUT2D eigenvalue weighted by Gasteiger charge is 2.35. The van der Waals surface area contributed by atoms with Crippen LogP contribution in [-0.2, 0) is 4.74 Å². The predicted molar refractivity (Wildman–Crippen MR) is 86.4 cm³/mol. The minimum atomic E-state index is -0.409. The van der Waals surface area contributed by atoms with Crippen LogP contribution in [-0.4, -0.2) is 33.3 Å². The molecule has 0 aliphatic carbocycles. The highest BCUT2D eigenvalue weighted by atomic mass is 32.1. The molecule has 0 bridgehead atoms. The molecule has 1 atom stereocenters. The van der Waals surface area contributed by atoms with Gasteiger partial charge in [-0.05, 0) is 17.8 Å². The SMILES string of the molecule is COC(=O)c1sc(N2CCC(C(C)(C)C)C2)c(OC)c1N. The van der Waals surface area contributed by atoms with Crippen molar-refractivity contribution < 1.29 is 14.3 Å². The molecule has 1 aromatic heterocycles. The molecule has 1 aliphatic heterocycles. The third-order valence-electron chi connectivity index (χ3n) is 4.16. The van der Waals surface area contributed by atoms with Crippen LogP contribution in [0.4, 0.5) is 10.7 Å². The third-order valence-corrected chi connectivity index (χ3v) is 5.39. The number of anilines is 2. The van der Waals surface area contributed by atoms with E-state index in [1.807, 2.05) is 0 Å². The van der Waals surface area contributed by atoms with Gasteiger partial charge in [-0.25, -0.2) is 4.79 Å². The van der Waals surface area contributed by atoms with Crippen LogP contribution in [0, 0.1) is 11.3 Å². The topological polar surface area (TPSA) is 64.8 Å². The van der Waals surface area contributed by atoms with E-state index in [1.54, 1.807) is 7.11 Å². The van der Waals surface area contributed by atoms with E-state index >= 15 is 0 Å². The molecule has 1 saturated heterocycles. The number of ether oxygens (including phenoxy) is 2. The fourth-order valence-corrected chi connectivity index (χ4v) is 3.86. The van der Waals surface area contributed by atoms with E-state index in [0.29, 0.717) is 22.2 Å². The molecule has 0 radical (unpaired) electrons. The second kappa shape index (κ2) is 5.75. The van der Waals surface area contributed by atoms with Crippen molar-refractivity contribution in [3.63, 3.8) is 0 Å². The fourth-order valence-electron chi connectivity index (χ4n) is 2.72. The molecular weight excluding hydrogens is 288 g/mol. The van der Waals surface area contributed by atoms with Gasteiger partial charge in [0.25, 0.3) is 0 Å². The zero-order chi connectivity index (χ0) is 15.8. The molecule has 6 heteroatoms. The highest BCUT2D eigenvalue weighted by Crippen LogP contribution is 2.47. The summed E-state index contributed by atoms with van der Waals surface area (Å²) in [6, 6.07) is 0. The molecule has 5 nitrogen and oxygen atoms in total. The molecule has 1 aliphatic rings. The van der Waals surface area contributed by atoms with E-state index < -0.39 is 5.97 Å². The quantitative estimate of drug-likeness (QED) is 0.869. The molecule has 2 heterocycles. The summed E-state index contributed by atoms with van der Waals surface area (Å²) in [5, 5.41) is 0.933. The van der Waals surface area contributed by atoms with Crippen LogP contribution in [0.3, 0.4) is 0 Å². The van der Waals surface area contributed by atoms with Crippen LogP contribution in [0.5, 0.6) is 5.75 Å². The Balaban J connectivity index is 2.31. The maximum atomic E-state index is 11.8. The molecule has 21 heavy (non-hydrogen) atoms. The van der Waals surface area contributed by atoms with Crippen molar-refractivity contribution in [1.29, 1.82) is 0 Å². The Kier molecular flexibility index (Phi) is 4.37. The largest absolute Gasteiger partial charge is 0.492 e. The second-order valence-corrected chi connectivity index (χ2v) is 7.47. The molecule has 2 N–H and O–H groups in total. The first-order valence-electron chi connectivity index (χ1n) is 7.09. The number of nitrogens with two attached hydrogens (primary N) is 1. The summed E-state index contributed by atoms with van der Waals surface area (Å²) in [5.41, 5.74) is 6.69. The summed E-state index contributed by atoms with van der Waals surface area (Å²) in [5.74, 6) is 0.802. The van der Waals surface area contributed by atoms with Gasteiger partial charge in [0.1, 0.15) is 15.6 Å². The highest BCUT2D eigenvalue weighted by molar-refractivity contribution is 7.19. The van der Waals surface area contributed by atoms with Crippen LogP contribution in [0.2, 0.25) is 0 Å². The van der Waals surface area contributed by atoms with Crippen LogP contribution in [0.15, 0.2) is 0 Å². The lowest BCUT2D eigenvalue weighted by atomic mass is 9.80. The molecule has 118 valence electrons. The standard InChI is InChI=1S/C15H24N2O3S/c1-15(2,3)9-6-7-17(8-9)13-11(19-4)10(16)12(21-13)14(18)20-5/h9H,6-8,16H2,1-5H3. The van der Waals surface area contributed by atoms with Gasteiger partial charge in [-0.1, -0.05) is 20.8 Å². The first-order valence-corrected chi connectivity index (χ1v) is 7.90. The van der Waals surface area contributed by atoms with Gasteiger partial charge in [-0.3, -0.25) is 0 Å². The van der Waals surface area contributed by atoms with E-state index in [9.17, 15) is 4.79 Å². The van der Waals surface area contributed by atoms with Crippen LogP contribution < -0.4 is 15.4 Å². The monoisotopic (exact) mass is 312 g/mol. The van der Waals surface area contributed by atoms with Crippen molar-refractivity contribution >= 4 is 28.0 Å². The number of methoxy groups -OCH3 is 2. The van der Waals surface area contributed by atoms with Crippen LogP contribution in [0.25, 0.3) is 0 Å². The fraction of sp³-hybridized carbons (Fsp3) is 0.667. The van der Waals surface area contributed by atoms with Crippen molar-refractivity contribution in [3.05, 3.63) is 4.88 Å². The maximum Gasteiger partial charge on any atom is 0.350 e. The summed E-state index contributed by atoms with van der Waals surface area (Å²) < 4.78 is 10.2. The smallest absolute Gasteiger partial charge is 0.350 e. The molecular formula is C15H24N2O3S. The Hall–Kier alpha value is -1.43. The summed E-state index contributed by atoms with van der Waals surface area (Å²) in [7, 11) is 2.94. The van der Waals surface area contributed by atoms with Gasteiger partial charge in [0.2, 0.25) is 0 Å². The number of carbonyl (C=O) groups excluding carboxylic acids is 1. The van der Waals surface area contributed by atoms with Gasteiger partial charge in [-0.15, -0.1) is 11.3 Å². The van der Waals surface area contributed by atoms with E-state index in [1.165, 1.54) is 18.4 Å². The summed E-state index contributed by atoms with van der Waals surface area (Å²) in [6.07, 6.45) is 1.14. The molecule has 1 aromatic rings. The average molecular weight is 312 g/mol. The van der Waals surface area contributed by atoms with Crippen molar-refractivity contribution in [2.75, 3.05) is 37.9 Å². The van der Waals surface area contributed by atoms with Crippen molar-refractivity contribution in [2.24, 2.45) is 11.3 Å². The Morgan fingerprint density at radius 2 is 2.05 bits per heavy atom. The Labute approximate surface area is 130 Å². The van der Waals surface area contributed by atoms with Crippen LogP contribution >= 0.6 is 11.3 Å². The summed E-state index contributed by atoms with van der Waals surface area (Å²) in [6.45, 7) is 8.71. The zero-order valence-corrected chi connectivity index (χ0v) is 14.2. The van der Waals surface area contributed by atoms with Crippen molar-refractivity contribution in [2.45, 2.75) is 27.2 Å². The van der Waals surface area contributed by atoms with Gasteiger partial charge >= 0.3 is 5.97 Å². The number of rotatable bonds is 3. The van der Waals surface area contributed by atoms with Gasteiger partial charge in [0.15, 0.2) is 5.75 Å². The summed E-state index contributed by atoms with van der Waals surface area (Å²) >= 11 is 1.35. The van der Waals surface area contributed by atoms with Gasteiger partial charge in [-0.2, -0.15) is 0 Å². The number of nitrogen functional groups attached to an aromatic ring is 1. The number of nitrogens with zero attached hydrogens (tertiary/aromatic N) is 1. The van der Waals surface area contributed by atoms with Gasteiger partial charge < -0.3 is 20.1 Å². The zero-order valence-electron chi connectivity index (χ0n) is 13.4. The first-order chi connectivity index (χ1) is 9.79. The maximum absolute atomic E-state index is 11.8. The van der Waals surface area contributed by atoms with Crippen molar-refractivity contribution in [3.8, 4) is 5.75 Å². The number of carbonyl (C=O) groups is 1. The molecule has 1 fully saturated rings. The van der Waals surface area contributed by atoms with Crippen molar-refractivity contribution in [1.82, 2.24) is 0 Å². The molecule has 0 spiro atoms. The summed E-state index contributed by atoms with van der Waals surface area (Å²) in [4.78, 5) is 14.5. The van der Waals surface area contributed by atoms with Gasteiger partial charge in [0, 0.05) is 13.1 Å². The first kappa shape index (κ1) is 15.9. The van der Waals surface area contributed by atoms with Crippen LogP contribution in [0.1, 0.15) is 36.9 Å². The minimum Gasteiger partial charge on any atom is -0.492 e. The third kappa shape index (κ3) is 2.95. The average Bonchev–Trinajstić information content (AvgIpc) is 3.01. The lowest BCUT2D eigenvalue weighted by molar-refractivity contribution is 0.0607. The minimum absolute atomic E-state index is 0.274. The molecule has 0 aromatic carbocycles.